The minimum absolute atomic E-state index is 0.0214. The van der Waals surface area contributed by atoms with Crippen molar-refractivity contribution in [3.63, 3.8) is 0 Å². The van der Waals surface area contributed by atoms with E-state index in [9.17, 15) is 27.6 Å². The summed E-state index contributed by atoms with van der Waals surface area (Å²) >= 11 is 5.55. The molecule has 11 heteroatoms. The van der Waals surface area contributed by atoms with Crippen LogP contribution in [0.2, 0.25) is 5.02 Å². The number of anilines is 1. The molecule has 0 aliphatic heterocycles. The van der Waals surface area contributed by atoms with E-state index in [1.54, 1.807) is 0 Å². The number of carbonyl (C=O) groups excluding carboxylic acids is 2. The molecule has 1 N–H and O–H groups in total. The van der Waals surface area contributed by atoms with Gasteiger partial charge in [0.2, 0.25) is 5.91 Å². The smallest absolute Gasteiger partial charge is 0.331 e. The highest BCUT2D eigenvalue weighted by Crippen LogP contribution is 2.36. The van der Waals surface area contributed by atoms with E-state index in [1.807, 2.05) is 6.92 Å². The van der Waals surface area contributed by atoms with E-state index in [4.69, 9.17) is 11.6 Å². The number of amides is 2. The first-order chi connectivity index (χ1) is 14.0. The maximum Gasteiger partial charge on any atom is 0.417 e. The highest BCUT2D eigenvalue weighted by Gasteiger charge is 2.33. The molecular formula is C19H20ClF3N4O3. The van der Waals surface area contributed by atoms with E-state index >= 15 is 0 Å². The van der Waals surface area contributed by atoms with Crippen LogP contribution in [0.15, 0.2) is 35.1 Å². The van der Waals surface area contributed by atoms with Crippen molar-refractivity contribution in [3.05, 3.63) is 57.0 Å². The van der Waals surface area contributed by atoms with Crippen LogP contribution in [0.3, 0.4) is 0 Å². The van der Waals surface area contributed by atoms with Crippen molar-refractivity contribution in [1.82, 2.24) is 14.7 Å². The Labute approximate surface area is 175 Å². The highest BCUT2D eigenvalue weighted by atomic mass is 35.5. The molecule has 1 aromatic carbocycles. The number of aryl methyl sites for hydroxylation is 1. The molecular weight excluding hydrogens is 425 g/mol. The Balaban J connectivity index is 2.07. The summed E-state index contributed by atoms with van der Waals surface area (Å²) in [5.41, 5.74) is -1.55. The largest absolute Gasteiger partial charge is 0.417 e. The van der Waals surface area contributed by atoms with Gasteiger partial charge < -0.3 is 10.2 Å². The molecule has 0 fully saturated rings. The minimum Gasteiger partial charge on any atom is -0.331 e. The molecule has 1 heterocycles. The number of benzene rings is 1. The van der Waals surface area contributed by atoms with Crippen molar-refractivity contribution in [2.24, 2.45) is 0 Å². The summed E-state index contributed by atoms with van der Waals surface area (Å²) < 4.78 is 40.0. The first-order valence-electron chi connectivity index (χ1n) is 9.03. The number of hydrogen-bond donors (Lipinski definition) is 1. The van der Waals surface area contributed by atoms with Gasteiger partial charge in [-0.25, -0.2) is 4.68 Å². The predicted molar refractivity (Wildman–Crippen MR) is 105 cm³/mol. The summed E-state index contributed by atoms with van der Waals surface area (Å²) in [6, 6.07) is 5.44. The number of carbonyl (C=O) groups is 2. The standard InChI is InChI=1S/C19H20ClF3N4O3/c1-3-4-9-27-17(29)8-7-15(25-27)18(30)26(2)11-16(28)24-12-5-6-14(20)13(10-12)19(21,22)23/h5-8,10H,3-4,9,11H2,1-2H3,(H,24,28). The molecule has 2 rings (SSSR count). The number of nitrogens with zero attached hydrogens (tertiary/aromatic N) is 3. The van der Waals surface area contributed by atoms with Gasteiger partial charge in [-0.05, 0) is 30.7 Å². The Bertz CT molecular complexity index is 992. The minimum atomic E-state index is -4.67. The lowest BCUT2D eigenvalue weighted by Crippen LogP contribution is -2.36. The van der Waals surface area contributed by atoms with E-state index in [0.29, 0.717) is 19.0 Å². The summed E-state index contributed by atoms with van der Waals surface area (Å²) in [6.07, 6.45) is -3.12. The van der Waals surface area contributed by atoms with Crippen molar-refractivity contribution in [1.29, 1.82) is 0 Å². The molecule has 0 saturated carbocycles. The van der Waals surface area contributed by atoms with E-state index in [-0.39, 0.29) is 16.9 Å². The van der Waals surface area contributed by atoms with Gasteiger partial charge in [0, 0.05) is 25.3 Å². The first-order valence-corrected chi connectivity index (χ1v) is 9.41. The Morgan fingerprint density at radius 3 is 2.57 bits per heavy atom. The molecule has 30 heavy (non-hydrogen) atoms. The second kappa shape index (κ2) is 9.75. The molecule has 0 aliphatic rings. The average Bonchev–Trinajstić information content (AvgIpc) is 2.67. The molecule has 162 valence electrons. The molecule has 0 bridgehead atoms. The Hall–Kier alpha value is -2.88. The van der Waals surface area contributed by atoms with Crippen molar-refractivity contribution in [2.45, 2.75) is 32.5 Å². The maximum absolute atomic E-state index is 12.9. The van der Waals surface area contributed by atoms with Gasteiger partial charge in [0.1, 0.15) is 5.69 Å². The van der Waals surface area contributed by atoms with Crippen LogP contribution in [-0.4, -0.2) is 40.1 Å². The van der Waals surface area contributed by atoms with Gasteiger partial charge in [-0.1, -0.05) is 24.9 Å². The lowest BCUT2D eigenvalue weighted by molar-refractivity contribution is -0.137. The summed E-state index contributed by atoms with van der Waals surface area (Å²) in [7, 11) is 1.34. The fraction of sp³-hybridized carbons (Fsp3) is 0.368. The number of halogens is 4. The Morgan fingerprint density at radius 2 is 1.93 bits per heavy atom. The Morgan fingerprint density at radius 1 is 1.23 bits per heavy atom. The maximum atomic E-state index is 12.9. The molecule has 0 saturated heterocycles. The fourth-order valence-electron chi connectivity index (χ4n) is 2.53. The van der Waals surface area contributed by atoms with Crippen LogP contribution in [0.5, 0.6) is 0 Å². The summed E-state index contributed by atoms with van der Waals surface area (Å²) in [6.45, 7) is 1.88. The number of rotatable bonds is 7. The zero-order valence-electron chi connectivity index (χ0n) is 16.3. The van der Waals surface area contributed by atoms with E-state index in [0.717, 1.165) is 17.4 Å². The van der Waals surface area contributed by atoms with Crippen LogP contribution < -0.4 is 10.9 Å². The molecule has 0 unspecified atom stereocenters. The summed E-state index contributed by atoms with van der Waals surface area (Å²) in [4.78, 5) is 37.5. The van der Waals surface area contributed by atoms with Gasteiger partial charge >= 0.3 is 6.18 Å². The zero-order valence-corrected chi connectivity index (χ0v) is 17.0. The van der Waals surface area contributed by atoms with Crippen LogP contribution in [0.25, 0.3) is 0 Å². The fourth-order valence-corrected chi connectivity index (χ4v) is 2.76. The van der Waals surface area contributed by atoms with Crippen molar-refractivity contribution in [2.75, 3.05) is 18.9 Å². The quantitative estimate of drug-likeness (QED) is 0.709. The van der Waals surface area contributed by atoms with Gasteiger partial charge in [0.15, 0.2) is 0 Å². The average molecular weight is 445 g/mol. The van der Waals surface area contributed by atoms with Gasteiger partial charge in [0.25, 0.3) is 11.5 Å². The van der Waals surface area contributed by atoms with E-state index in [1.165, 1.54) is 29.9 Å². The second-order valence-electron chi connectivity index (χ2n) is 6.54. The molecule has 0 aliphatic carbocycles. The number of unbranched alkanes of at least 4 members (excludes halogenated alkanes) is 1. The van der Waals surface area contributed by atoms with Crippen LogP contribution in [0, 0.1) is 0 Å². The number of aromatic nitrogens is 2. The molecule has 1 aromatic heterocycles. The van der Waals surface area contributed by atoms with Crippen LogP contribution in [-0.2, 0) is 17.5 Å². The van der Waals surface area contributed by atoms with Crippen molar-refractivity contribution >= 4 is 29.1 Å². The van der Waals surface area contributed by atoms with Gasteiger partial charge in [-0.2, -0.15) is 18.3 Å². The lowest BCUT2D eigenvalue weighted by atomic mass is 10.2. The monoisotopic (exact) mass is 444 g/mol. The SMILES string of the molecule is CCCCn1nc(C(=O)N(C)CC(=O)Nc2ccc(Cl)c(C(F)(F)F)c2)ccc1=O. The van der Waals surface area contributed by atoms with Crippen LogP contribution >= 0.6 is 11.6 Å². The Kier molecular flexibility index (Phi) is 7.60. The van der Waals surface area contributed by atoms with E-state index in [2.05, 4.69) is 10.4 Å². The van der Waals surface area contributed by atoms with Gasteiger partial charge in [0.05, 0.1) is 17.1 Å². The third-order valence-corrected chi connectivity index (χ3v) is 4.42. The number of alkyl halides is 3. The third kappa shape index (κ3) is 6.06. The van der Waals surface area contributed by atoms with Crippen LogP contribution in [0.4, 0.5) is 18.9 Å². The second-order valence-corrected chi connectivity index (χ2v) is 6.94. The van der Waals surface area contributed by atoms with E-state index < -0.39 is 35.1 Å². The molecule has 2 aromatic rings. The molecule has 0 spiro atoms. The van der Waals surface area contributed by atoms with Gasteiger partial charge in [-0.15, -0.1) is 0 Å². The highest BCUT2D eigenvalue weighted by molar-refractivity contribution is 6.31. The zero-order chi connectivity index (χ0) is 22.5. The first kappa shape index (κ1) is 23.4. The summed E-state index contributed by atoms with van der Waals surface area (Å²) in [5.74, 6) is -1.32. The van der Waals surface area contributed by atoms with Crippen LogP contribution in [0.1, 0.15) is 35.8 Å². The van der Waals surface area contributed by atoms with Crippen molar-refractivity contribution < 1.29 is 22.8 Å². The number of likely N-dealkylation sites (N-methyl/N-ethyl adjacent to an activating group) is 1. The lowest BCUT2D eigenvalue weighted by Gasteiger charge is -2.17. The molecule has 2 amide bonds. The van der Waals surface area contributed by atoms with Gasteiger partial charge in [-0.3, -0.25) is 14.4 Å². The molecule has 0 atom stereocenters. The topological polar surface area (TPSA) is 84.3 Å². The predicted octanol–water partition coefficient (Wildman–Crippen LogP) is 3.43. The summed E-state index contributed by atoms with van der Waals surface area (Å²) in [5, 5.41) is 5.82. The molecule has 0 radical (unpaired) electrons. The third-order valence-electron chi connectivity index (χ3n) is 4.09. The number of hydrogen-bond acceptors (Lipinski definition) is 4. The number of nitrogens with one attached hydrogen (secondary N) is 1. The molecule has 7 nitrogen and oxygen atoms in total. The normalized spacial score (nSPS) is 11.3. The van der Waals surface area contributed by atoms with Crippen molar-refractivity contribution in [3.8, 4) is 0 Å².